The molecule has 0 radical (unpaired) electrons. The Morgan fingerprint density at radius 1 is 1.20 bits per heavy atom. The molecule has 1 aliphatic carbocycles. The van der Waals surface area contributed by atoms with Gasteiger partial charge < -0.3 is 14.6 Å². The molecule has 1 saturated carbocycles. The zero-order chi connectivity index (χ0) is 13.8. The number of anilines is 1. The second kappa shape index (κ2) is 6.14. The van der Waals surface area contributed by atoms with Crippen molar-refractivity contribution in [1.82, 2.24) is 5.32 Å². The van der Waals surface area contributed by atoms with Gasteiger partial charge in [-0.15, -0.1) is 0 Å². The van der Waals surface area contributed by atoms with E-state index in [9.17, 15) is 0 Å². The van der Waals surface area contributed by atoms with Crippen LogP contribution in [-0.4, -0.2) is 12.6 Å². The van der Waals surface area contributed by atoms with Crippen molar-refractivity contribution in [1.29, 1.82) is 0 Å². The number of furan rings is 1. The molecule has 0 saturated heterocycles. The Kier molecular flexibility index (Phi) is 4.07. The second-order valence-corrected chi connectivity index (χ2v) is 5.35. The van der Waals surface area contributed by atoms with E-state index in [0.717, 1.165) is 25.4 Å². The van der Waals surface area contributed by atoms with Gasteiger partial charge in [0.05, 0.1) is 12.8 Å². The topological polar surface area (TPSA) is 28.4 Å². The minimum absolute atomic E-state index is 0.669. The minimum atomic E-state index is 0.669. The van der Waals surface area contributed by atoms with Crippen LogP contribution in [0.25, 0.3) is 0 Å². The molecular weight excluding hydrogens is 248 g/mol. The molecule has 3 rings (SSSR count). The Morgan fingerprint density at radius 2 is 2.05 bits per heavy atom. The highest BCUT2D eigenvalue weighted by molar-refractivity contribution is 5.55. The van der Waals surface area contributed by atoms with Gasteiger partial charge in [0.1, 0.15) is 5.76 Å². The number of nitrogens with one attached hydrogen (secondary N) is 1. The lowest BCUT2D eigenvalue weighted by Gasteiger charge is -2.26. The van der Waals surface area contributed by atoms with E-state index in [1.165, 1.54) is 24.1 Å². The second-order valence-electron chi connectivity index (χ2n) is 5.35. The van der Waals surface area contributed by atoms with Crippen molar-refractivity contribution in [2.24, 2.45) is 0 Å². The van der Waals surface area contributed by atoms with Crippen molar-refractivity contribution in [2.75, 3.05) is 11.4 Å². The van der Waals surface area contributed by atoms with Crippen LogP contribution in [0.15, 0.2) is 47.1 Å². The van der Waals surface area contributed by atoms with E-state index < -0.39 is 0 Å². The molecule has 3 heteroatoms. The fraction of sp³-hybridized carbons (Fsp3) is 0.412. The molecule has 1 fully saturated rings. The third kappa shape index (κ3) is 3.05. The summed E-state index contributed by atoms with van der Waals surface area (Å²) in [5, 5.41) is 3.43. The lowest BCUT2D eigenvalue weighted by Crippen LogP contribution is -2.27. The Hall–Kier alpha value is -1.74. The van der Waals surface area contributed by atoms with E-state index in [0.29, 0.717) is 6.04 Å². The maximum absolute atomic E-state index is 5.53. The zero-order valence-electron chi connectivity index (χ0n) is 12.0. The van der Waals surface area contributed by atoms with Crippen molar-refractivity contribution in [3.63, 3.8) is 0 Å². The standard InChI is InChI=1S/C17H22N2O/c1-2-18-12-14-6-3-4-8-17(14)19(15-9-10-15)13-16-7-5-11-20-16/h3-8,11,15,18H,2,9-10,12-13H2,1H3. The summed E-state index contributed by atoms with van der Waals surface area (Å²) in [5.41, 5.74) is 2.71. The summed E-state index contributed by atoms with van der Waals surface area (Å²) in [6.45, 7) is 4.93. The van der Waals surface area contributed by atoms with Crippen molar-refractivity contribution in [3.8, 4) is 0 Å². The third-order valence-electron chi connectivity index (χ3n) is 3.76. The number of hydrogen-bond donors (Lipinski definition) is 1. The van der Waals surface area contributed by atoms with Gasteiger partial charge in [0, 0.05) is 18.3 Å². The van der Waals surface area contributed by atoms with Crippen LogP contribution in [0.1, 0.15) is 31.1 Å². The molecular formula is C17H22N2O. The fourth-order valence-electron chi connectivity index (χ4n) is 2.57. The van der Waals surface area contributed by atoms with Crippen LogP contribution in [0.5, 0.6) is 0 Å². The lowest BCUT2D eigenvalue weighted by molar-refractivity contribution is 0.500. The molecule has 20 heavy (non-hydrogen) atoms. The van der Waals surface area contributed by atoms with Gasteiger partial charge in [-0.3, -0.25) is 0 Å². The highest BCUT2D eigenvalue weighted by Gasteiger charge is 2.30. The molecule has 0 amide bonds. The number of para-hydroxylation sites is 1. The molecule has 106 valence electrons. The summed E-state index contributed by atoms with van der Waals surface area (Å²) in [6.07, 6.45) is 4.33. The molecule has 0 atom stereocenters. The summed E-state index contributed by atoms with van der Waals surface area (Å²) in [5.74, 6) is 1.04. The zero-order valence-corrected chi connectivity index (χ0v) is 12.0. The number of benzene rings is 1. The van der Waals surface area contributed by atoms with E-state index in [-0.39, 0.29) is 0 Å². The van der Waals surface area contributed by atoms with Gasteiger partial charge in [-0.2, -0.15) is 0 Å². The summed E-state index contributed by atoms with van der Waals surface area (Å²) < 4.78 is 5.53. The summed E-state index contributed by atoms with van der Waals surface area (Å²) in [6, 6.07) is 13.4. The van der Waals surface area contributed by atoms with Crippen molar-refractivity contribution in [2.45, 2.75) is 38.9 Å². The highest BCUT2D eigenvalue weighted by atomic mass is 16.3. The molecule has 3 nitrogen and oxygen atoms in total. The molecule has 0 unspecified atom stereocenters. The quantitative estimate of drug-likeness (QED) is 0.834. The predicted octanol–water partition coefficient (Wildman–Crippen LogP) is 3.56. The lowest BCUT2D eigenvalue weighted by atomic mass is 10.1. The van der Waals surface area contributed by atoms with Crippen molar-refractivity contribution >= 4 is 5.69 Å². The molecule has 1 N–H and O–H groups in total. The summed E-state index contributed by atoms with van der Waals surface area (Å²) in [7, 11) is 0. The normalized spacial score (nSPS) is 14.4. The molecule has 0 bridgehead atoms. The van der Waals surface area contributed by atoms with Gasteiger partial charge >= 0.3 is 0 Å². The smallest absolute Gasteiger partial charge is 0.123 e. The highest BCUT2D eigenvalue weighted by Crippen LogP contribution is 2.35. The molecule has 1 aliphatic rings. The molecule has 1 aromatic carbocycles. The van der Waals surface area contributed by atoms with Gasteiger partial charge in [0.25, 0.3) is 0 Å². The molecule has 1 aromatic heterocycles. The monoisotopic (exact) mass is 270 g/mol. The molecule has 1 heterocycles. The van der Waals surface area contributed by atoms with Gasteiger partial charge in [-0.05, 0) is 43.1 Å². The van der Waals surface area contributed by atoms with Crippen LogP contribution in [0.4, 0.5) is 5.69 Å². The summed E-state index contributed by atoms with van der Waals surface area (Å²) >= 11 is 0. The first-order chi connectivity index (χ1) is 9.88. The predicted molar refractivity (Wildman–Crippen MR) is 81.7 cm³/mol. The van der Waals surface area contributed by atoms with E-state index in [4.69, 9.17) is 4.42 Å². The first-order valence-electron chi connectivity index (χ1n) is 7.46. The average molecular weight is 270 g/mol. The molecule has 0 aliphatic heterocycles. The maximum Gasteiger partial charge on any atom is 0.123 e. The molecule has 0 spiro atoms. The SMILES string of the molecule is CCNCc1ccccc1N(Cc1ccco1)C1CC1. The Labute approximate surface area is 120 Å². The largest absolute Gasteiger partial charge is 0.467 e. The van der Waals surface area contributed by atoms with E-state index in [1.54, 1.807) is 6.26 Å². The van der Waals surface area contributed by atoms with E-state index in [2.05, 4.69) is 47.5 Å². The van der Waals surface area contributed by atoms with Gasteiger partial charge in [0.2, 0.25) is 0 Å². The van der Waals surface area contributed by atoms with Crippen LogP contribution in [0.2, 0.25) is 0 Å². The Bertz CT molecular complexity index is 532. The van der Waals surface area contributed by atoms with Crippen molar-refractivity contribution in [3.05, 3.63) is 54.0 Å². The molecule has 2 aromatic rings. The van der Waals surface area contributed by atoms with Gasteiger partial charge in [-0.1, -0.05) is 25.1 Å². The van der Waals surface area contributed by atoms with E-state index in [1.807, 2.05) is 6.07 Å². The summed E-state index contributed by atoms with van der Waals surface area (Å²) in [4.78, 5) is 2.49. The van der Waals surface area contributed by atoms with Crippen LogP contribution >= 0.6 is 0 Å². The fourth-order valence-corrected chi connectivity index (χ4v) is 2.57. The first kappa shape index (κ1) is 13.3. The van der Waals surface area contributed by atoms with Crippen LogP contribution in [-0.2, 0) is 13.1 Å². The Morgan fingerprint density at radius 3 is 2.75 bits per heavy atom. The average Bonchev–Trinajstić information content (AvgIpc) is 3.20. The van der Waals surface area contributed by atoms with Crippen molar-refractivity contribution < 1.29 is 4.42 Å². The Balaban J connectivity index is 1.83. The maximum atomic E-state index is 5.53. The number of rotatable bonds is 7. The third-order valence-corrected chi connectivity index (χ3v) is 3.76. The van der Waals surface area contributed by atoms with Gasteiger partial charge in [-0.25, -0.2) is 0 Å². The first-order valence-corrected chi connectivity index (χ1v) is 7.46. The van der Waals surface area contributed by atoms with Gasteiger partial charge in [0.15, 0.2) is 0 Å². The van der Waals surface area contributed by atoms with Crippen LogP contribution < -0.4 is 10.2 Å². The van der Waals surface area contributed by atoms with Crippen LogP contribution in [0.3, 0.4) is 0 Å². The number of nitrogens with zero attached hydrogens (tertiary/aromatic N) is 1. The van der Waals surface area contributed by atoms with Crippen LogP contribution in [0, 0.1) is 0 Å². The minimum Gasteiger partial charge on any atom is -0.467 e. The number of hydrogen-bond acceptors (Lipinski definition) is 3. The van der Waals surface area contributed by atoms with E-state index >= 15 is 0 Å².